The van der Waals surface area contributed by atoms with Crippen LogP contribution in [0.5, 0.6) is 0 Å². The minimum atomic E-state index is -0.538. The van der Waals surface area contributed by atoms with E-state index >= 15 is 0 Å². The molecular weight excluding hydrogens is 292 g/mol. The minimum Gasteiger partial charge on any atom is -0.462 e. The Bertz CT molecular complexity index is 466. The first-order valence-corrected chi connectivity index (χ1v) is 8.85. The normalized spacial score (nSPS) is 26.3. The molecule has 0 aliphatic heterocycles. The highest BCUT2D eigenvalue weighted by atomic mass is 16.6. The van der Waals surface area contributed by atoms with Crippen LogP contribution in [0.25, 0.3) is 0 Å². The lowest BCUT2D eigenvalue weighted by atomic mass is 9.79. The summed E-state index contributed by atoms with van der Waals surface area (Å²) in [6.07, 6.45) is 8.60. The topological polar surface area (TPSA) is 52.6 Å². The molecule has 0 spiro atoms. The van der Waals surface area contributed by atoms with Crippen molar-refractivity contribution >= 4 is 11.9 Å². The lowest BCUT2D eigenvalue weighted by Gasteiger charge is -2.32. The zero-order chi connectivity index (χ0) is 17.0. The van der Waals surface area contributed by atoms with Gasteiger partial charge in [-0.15, -0.1) is 0 Å². The number of hydrogen-bond acceptors (Lipinski definition) is 4. The molecular formula is C19H30O4. The van der Waals surface area contributed by atoms with Crippen LogP contribution in [-0.4, -0.2) is 23.6 Å². The predicted octanol–water partition coefficient (Wildman–Crippen LogP) is 4.18. The summed E-state index contributed by atoms with van der Waals surface area (Å²) in [7, 11) is 0. The molecule has 0 saturated heterocycles. The molecule has 0 bridgehead atoms. The van der Waals surface area contributed by atoms with E-state index in [4.69, 9.17) is 9.47 Å². The molecule has 2 aliphatic rings. The van der Waals surface area contributed by atoms with E-state index < -0.39 is 17.4 Å². The summed E-state index contributed by atoms with van der Waals surface area (Å²) < 4.78 is 11.2. The average Bonchev–Trinajstić information content (AvgIpc) is 2.46. The van der Waals surface area contributed by atoms with E-state index in [0.717, 1.165) is 31.3 Å². The van der Waals surface area contributed by atoms with Gasteiger partial charge in [0.25, 0.3) is 0 Å². The van der Waals surface area contributed by atoms with Crippen molar-refractivity contribution in [3.8, 4) is 0 Å². The minimum absolute atomic E-state index is 0.0301. The summed E-state index contributed by atoms with van der Waals surface area (Å²) in [5, 5.41) is 0. The van der Waals surface area contributed by atoms with Gasteiger partial charge in [0.05, 0.1) is 11.8 Å². The molecule has 0 N–H and O–H groups in total. The van der Waals surface area contributed by atoms with Crippen LogP contribution in [0, 0.1) is 11.8 Å². The molecule has 1 fully saturated rings. The third-order valence-corrected chi connectivity index (χ3v) is 4.60. The summed E-state index contributed by atoms with van der Waals surface area (Å²) in [6, 6.07) is 0. The Hall–Kier alpha value is -1.32. The molecule has 2 unspecified atom stereocenters. The van der Waals surface area contributed by atoms with Gasteiger partial charge in [-0.25, -0.2) is 0 Å². The lowest BCUT2D eigenvalue weighted by Crippen LogP contribution is -2.38. The number of ether oxygens (including phenoxy) is 2. The first-order valence-electron chi connectivity index (χ1n) is 8.85. The van der Waals surface area contributed by atoms with Crippen molar-refractivity contribution in [2.45, 2.75) is 84.3 Å². The second kappa shape index (κ2) is 7.50. The Labute approximate surface area is 139 Å². The molecule has 4 heteroatoms. The van der Waals surface area contributed by atoms with Crippen molar-refractivity contribution in [2.75, 3.05) is 0 Å². The monoisotopic (exact) mass is 322 g/mol. The smallest absolute Gasteiger partial charge is 0.310 e. The molecule has 0 aromatic rings. The molecule has 0 aromatic carbocycles. The molecule has 2 atom stereocenters. The van der Waals surface area contributed by atoms with E-state index in [1.807, 2.05) is 33.8 Å². The Morgan fingerprint density at radius 2 is 1.70 bits per heavy atom. The highest BCUT2D eigenvalue weighted by molar-refractivity contribution is 5.83. The second-order valence-corrected chi connectivity index (χ2v) is 7.93. The van der Waals surface area contributed by atoms with Gasteiger partial charge < -0.3 is 9.47 Å². The van der Waals surface area contributed by atoms with Crippen molar-refractivity contribution in [2.24, 2.45) is 11.8 Å². The fourth-order valence-corrected chi connectivity index (χ4v) is 3.39. The van der Waals surface area contributed by atoms with Gasteiger partial charge in [0.15, 0.2) is 0 Å². The standard InChI is InChI=1S/C19H30O4/c1-13-10-11-15(16(12-13)18(21)23-19(2,3)4)17(20)22-14-8-6-5-7-9-14/h10,14-16H,5-9,11-12H2,1-4H3. The first-order chi connectivity index (χ1) is 10.8. The van der Waals surface area contributed by atoms with Gasteiger partial charge in [-0.2, -0.15) is 0 Å². The van der Waals surface area contributed by atoms with E-state index in [-0.39, 0.29) is 18.0 Å². The SMILES string of the molecule is CC1=CCC(C(=O)OC2CCCCC2)C(C(=O)OC(C)(C)C)C1. The molecule has 2 aliphatic carbocycles. The van der Waals surface area contributed by atoms with Crippen LogP contribution in [0.1, 0.15) is 72.6 Å². The number of carbonyl (C=O) groups is 2. The van der Waals surface area contributed by atoms with Crippen molar-refractivity contribution in [3.63, 3.8) is 0 Å². The van der Waals surface area contributed by atoms with Crippen molar-refractivity contribution in [3.05, 3.63) is 11.6 Å². The van der Waals surface area contributed by atoms with Crippen LogP contribution in [-0.2, 0) is 19.1 Å². The second-order valence-electron chi connectivity index (χ2n) is 7.93. The molecule has 0 aromatic heterocycles. The molecule has 2 rings (SSSR count). The number of allylic oxidation sites excluding steroid dienone is 2. The van der Waals surface area contributed by atoms with Crippen molar-refractivity contribution < 1.29 is 19.1 Å². The lowest BCUT2D eigenvalue weighted by molar-refractivity contribution is -0.171. The van der Waals surface area contributed by atoms with Crippen LogP contribution in [0.3, 0.4) is 0 Å². The maximum absolute atomic E-state index is 12.6. The largest absolute Gasteiger partial charge is 0.462 e. The van der Waals surface area contributed by atoms with Crippen LogP contribution in [0.15, 0.2) is 11.6 Å². The molecule has 0 heterocycles. The van der Waals surface area contributed by atoms with Gasteiger partial charge in [0.2, 0.25) is 0 Å². The van der Waals surface area contributed by atoms with Crippen LogP contribution >= 0.6 is 0 Å². The number of rotatable bonds is 3. The highest BCUT2D eigenvalue weighted by Crippen LogP contribution is 2.33. The summed E-state index contributed by atoms with van der Waals surface area (Å²) in [4.78, 5) is 25.1. The van der Waals surface area contributed by atoms with Gasteiger partial charge in [-0.1, -0.05) is 18.1 Å². The maximum Gasteiger partial charge on any atom is 0.310 e. The van der Waals surface area contributed by atoms with Crippen molar-refractivity contribution in [1.82, 2.24) is 0 Å². The van der Waals surface area contributed by atoms with Gasteiger partial charge in [-0.05, 0) is 66.2 Å². The van der Waals surface area contributed by atoms with E-state index in [9.17, 15) is 9.59 Å². The van der Waals surface area contributed by atoms with Crippen LogP contribution in [0.4, 0.5) is 0 Å². The fourth-order valence-electron chi connectivity index (χ4n) is 3.39. The number of esters is 2. The van der Waals surface area contributed by atoms with Gasteiger partial charge >= 0.3 is 11.9 Å². The average molecular weight is 322 g/mol. The molecule has 23 heavy (non-hydrogen) atoms. The van der Waals surface area contributed by atoms with Crippen molar-refractivity contribution in [1.29, 1.82) is 0 Å². The van der Waals surface area contributed by atoms with E-state index in [2.05, 4.69) is 0 Å². The summed E-state index contributed by atoms with van der Waals surface area (Å²) in [5.41, 5.74) is 0.604. The first kappa shape index (κ1) is 18.0. The third-order valence-electron chi connectivity index (χ3n) is 4.60. The zero-order valence-corrected chi connectivity index (χ0v) is 14.9. The molecule has 0 radical (unpaired) electrons. The Balaban J connectivity index is 2.03. The number of carbonyl (C=O) groups excluding carboxylic acids is 2. The van der Waals surface area contributed by atoms with E-state index in [1.54, 1.807) is 0 Å². The Morgan fingerprint density at radius 3 is 2.30 bits per heavy atom. The fraction of sp³-hybridized carbons (Fsp3) is 0.789. The highest BCUT2D eigenvalue weighted by Gasteiger charge is 2.39. The van der Waals surface area contributed by atoms with E-state index in [1.165, 1.54) is 6.42 Å². The van der Waals surface area contributed by atoms with Gasteiger partial charge in [0, 0.05) is 0 Å². The van der Waals surface area contributed by atoms with E-state index in [0.29, 0.717) is 12.8 Å². The Morgan fingerprint density at radius 1 is 1.04 bits per heavy atom. The third kappa shape index (κ3) is 5.36. The van der Waals surface area contributed by atoms with Gasteiger partial charge in [-0.3, -0.25) is 9.59 Å². The molecule has 4 nitrogen and oxygen atoms in total. The Kier molecular flexibility index (Phi) is 5.88. The molecule has 130 valence electrons. The maximum atomic E-state index is 12.6. The molecule has 0 amide bonds. The summed E-state index contributed by atoms with van der Waals surface area (Å²) in [5.74, 6) is -1.34. The van der Waals surface area contributed by atoms with Gasteiger partial charge in [0.1, 0.15) is 11.7 Å². The zero-order valence-electron chi connectivity index (χ0n) is 14.9. The van der Waals surface area contributed by atoms with Crippen LogP contribution < -0.4 is 0 Å². The quantitative estimate of drug-likeness (QED) is 0.578. The summed E-state index contributed by atoms with van der Waals surface area (Å²) >= 11 is 0. The van der Waals surface area contributed by atoms with Crippen LogP contribution in [0.2, 0.25) is 0 Å². The summed E-state index contributed by atoms with van der Waals surface area (Å²) in [6.45, 7) is 7.56. The number of hydrogen-bond donors (Lipinski definition) is 0. The predicted molar refractivity (Wildman–Crippen MR) is 88.8 cm³/mol. The molecule has 1 saturated carbocycles.